The van der Waals surface area contributed by atoms with Crippen molar-refractivity contribution in [2.24, 2.45) is 0 Å². The highest BCUT2D eigenvalue weighted by Crippen LogP contribution is 2.35. The van der Waals surface area contributed by atoms with Crippen LogP contribution in [0.1, 0.15) is 22.3 Å². The average molecular weight is 623 g/mol. The summed E-state index contributed by atoms with van der Waals surface area (Å²) < 4.78 is 5.14. The van der Waals surface area contributed by atoms with Crippen LogP contribution in [0.3, 0.4) is 0 Å². The highest BCUT2D eigenvalue weighted by molar-refractivity contribution is 8.00. The highest BCUT2D eigenvalue weighted by atomic mass is 32.2. The first-order valence-corrected chi connectivity index (χ1v) is 14.5. The summed E-state index contributed by atoms with van der Waals surface area (Å²) in [4.78, 5) is 64.3. The summed E-state index contributed by atoms with van der Waals surface area (Å²) >= 11 is 1.25. The molecule has 0 spiro atoms. The van der Waals surface area contributed by atoms with Crippen LogP contribution in [-0.2, 0) is 14.4 Å². The first-order valence-electron chi connectivity index (χ1n) is 13.6. The second kappa shape index (κ2) is 13.7. The Morgan fingerprint density at radius 3 is 2.22 bits per heavy atom. The number of nitro benzene ring substituents is 1. The number of imide groups is 1. The number of ether oxygens (including phenoxy) is 1. The summed E-state index contributed by atoms with van der Waals surface area (Å²) in [5, 5.41) is 15.8. The molecule has 0 radical (unpaired) electrons. The standard InChI is InChI=1S/C33H26N4O7S/c1-44-26-15-13-24(14-16-26)36-30(38)20-29(33(36)41)45-27-17-9-23(10-18-27)34-32(40)28(35-31(39)22-5-3-2-4-6-22)19-21-7-11-25(12-8-21)37(42)43/h2-19,29H,20H2,1H3,(H,34,40)(H,35,39)/b28-19-. The van der Waals surface area contributed by atoms with E-state index in [9.17, 15) is 29.3 Å². The van der Waals surface area contributed by atoms with E-state index in [2.05, 4.69) is 10.6 Å². The van der Waals surface area contributed by atoms with Crippen molar-refractivity contribution >= 4 is 58.5 Å². The van der Waals surface area contributed by atoms with Crippen LogP contribution in [0, 0.1) is 10.1 Å². The van der Waals surface area contributed by atoms with Gasteiger partial charge in [-0.3, -0.25) is 29.3 Å². The molecule has 1 unspecified atom stereocenters. The molecule has 1 heterocycles. The van der Waals surface area contributed by atoms with Crippen molar-refractivity contribution in [3.05, 3.63) is 130 Å². The van der Waals surface area contributed by atoms with Crippen molar-refractivity contribution in [3.63, 3.8) is 0 Å². The van der Waals surface area contributed by atoms with Gasteiger partial charge < -0.3 is 15.4 Å². The topological polar surface area (TPSA) is 148 Å². The predicted molar refractivity (Wildman–Crippen MR) is 170 cm³/mol. The number of carbonyl (C=O) groups is 4. The van der Waals surface area contributed by atoms with E-state index >= 15 is 0 Å². The van der Waals surface area contributed by atoms with Crippen LogP contribution in [0.5, 0.6) is 5.75 Å². The molecule has 1 saturated heterocycles. The van der Waals surface area contributed by atoms with Crippen LogP contribution in [0.25, 0.3) is 6.08 Å². The number of hydrogen-bond acceptors (Lipinski definition) is 8. The zero-order valence-electron chi connectivity index (χ0n) is 23.8. The van der Waals surface area contributed by atoms with Gasteiger partial charge in [0, 0.05) is 34.7 Å². The molecule has 1 fully saturated rings. The van der Waals surface area contributed by atoms with Crippen LogP contribution >= 0.6 is 11.8 Å². The second-order valence-electron chi connectivity index (χ2n) is 9.78. The van der Waals surface area contributed by atoms with Gasteiger partial charge in [-0.15, -0.1) is 11.8 Å². The van der Waals surface area contributed by atoms with Crippen LogP contribution in [0.15, 0.2) is 114 Å². The molecule has 1 aliphatic heterocycles. The Bertz CT molecular complexity index is 1770. The third kappa shape index (κ3) is 7.43. The predicted octanol–water partition coefficient (Wildman–Crippen LogP) is 5.44. The fourth-order valence-corrected chi connectivity index (χ4v) is 5.53. The summed E-state index contributed by atoms with van der Waals surface area (Å²) in [7, 11) is 1.53. The van der Waals surface area contributed by atoms with Gasteiger partial charge >= 0.3 is 0 Å². The maximum absolute atomic E-state index is 13.3. The molecule has 5 rings (SSSR count). The smallest absolute Gasteiger partial charge is 0.272 e. The number of nitrogens with one attached hydrogen (secondary N) is 2. The lowest BCUT2D eigenvalue weighted by atomic mass is 10.1. The number of rotatable bonds is 10. The number of thioether (sulfide) groups is 1. The number of amides is 4. The maximum atomic E-state index is 13.3. The number of hydrogen-bond donors (Lipinski definition) is 2. The molecule has 0 saturated carbocycles. The van der Waals surface area contributed by atoms with Crippen molar-refractivity contribution in [2.75, 3.05) is 17.3 Å². The van der Waals surface area contributed by atoms with E-state index in [0.29, 0.717) is 28.3 Å². The summed E-state index contributed by atoms with van der Waals surface area (Å²) in [6, 6.07) is 27.3. The molecule has 4 aromatic carbocycles. The number of carbonyl (C=O) groups excluding carboxylic acids is 4. The Kier molecular flexibility index (Phi) is 9.34. The number of benzene rings is 4. The Hall–Kier alpha value is -5.75. The van der Waals surface area contributed by atoms with E-state index in [4.69, 9.17) is 4.74 Å². The maximum Gasteiger partial charge on any atom is 0.272 e. The lowest BCUT2D eigenvalue weighted by Crippen LogP contribution is -2.31. The van der Waals surface area contributed by atoms with E-state index in [1.54, 1.807) is 78.9 Å². The van der Waals surface area contributed by atoms with E-state index in [0.717, 1.165) is 4.90 Å². The second-order valence-corrected chi connectivity index (χ2v) is 11.1. The van der Waals surface area contributed by atoms with Crippen LogP contribution < -0.4 is 20.3 Å². The molecule has 0 aliphatic carbocycles. The minimum absolute atomic E-state index is 0.0475. The van der Waals surface area contributed by atoms with Gasteiger partial charge in [-0.1, -0.05) is 18.2 Å². The molecule has 4 aromatic rings. The Labute approximate surface area is 262 Å². The molecule has 1 atom stereocenters. The minimum Gasteiger partial charge on any atom is -0.497 e. The highest BCUT2D eigenvalue weighted by Gasteiger charge is 2.40. The molecule has 2 N–H and O–H groups in total. The minimum atomic E-state index is -0.621. The Morgan fingerprint density at radius 2 is 1.60 bits per heavy atom. The first kappa shape index (κ1) is 30.7. The lowest BCUT2D eigenvalue weighted by molar-refractivity contribution is -0.384. The van der Waals surface area contributed by atoms with Crippen molar-refractivity contribution in [2.45, 2.75) is 16.6 Å². The lowest BCUT2D eigenvalue weighted by Gasteiger charge is -2.15. The number of anilines is 2. The summed E-state index contributed by atoms with van der Waals surface area (Å²) in [5.74, 6) is -1.13. The third-order valence-electron chi connectivity index (χ3n) is 6.77. The number of methoxy groups -OCH3 is 1. The molecule has 12 heteroatoms. The van der Waals surface area contributed by atoms with Crippen molar-refractivity contribution in [1.29, 1.82) is 0 Å². The molecule has 226 valence electrons. The molecule has 1 aliphatic rings. The van der Waals surface area contributed by atoms with Gasteiger partial charge in [0.2, 0.25) is 11.8 Å². The fourth-order valence-electron chi connectivity index (χ4n) is 4.48. The average Bonchev–Trinajstić information content (AvgIpc) is 3.33. The zero-order chi connectivity index (χ0) is 31.9. The normalized spacial score (nSPS) is 14.6. The molecule has 0 bridgehead atoms. The van der Waals surface area contributed by atoms with Gasteiger partial charge in [0.15, 0.2) is 0 Å². The van der Waals surface area contributed by atoms with Crippen LogP contribution in [-0.4, -0.2) is 40.9 Å². The Balaban J connectivity index is 1.28. The van der Waals surface area contributed by atoms with Crippen LogP contribution in [0.2, 0.25) is 0 Å². The summed E-state index contributed by atoms with van der Waals surface area (Å²) in [6.45, 7) is 0. The molecule has 45 heavy (non-hydrogen) atoms. The fraction of sp³-hybridized carbons (Fsp3) is 0.0909. The van der Waals surface area contributed by atoms with E-state index in [1.165, 1.54) is 54.1 Å². The molecule has 11 nitrogen and oxygen atoms in total. The summed E-state index contributed by atoms with van der Waals surface area (Å²) in [5.41, 5.74) is 1.51. The van der Waals surface area contributed by atoms with E-state index in [1.807, 2.05) is 0 Å². The first-order chi connectivity index (χ1) is 21.7. The van der Waals surface area contributed by atoms with Crippen molar-refractivity contribution < 1.29 is 28.8 Å². The zero-order valence-corrected chi connectivity index (χ0v) is 24.7. The third-order valence-corrected chi connectivity index (χ3v) is 7.97. The summed E-state index contributed by atoms with van der Waals surface area (Å²) in [6.07, 6.45) is 1.47. The van der Waals surface area contributed by atoms with Crippen molar-refractivity contribution in [3.8, 4) is 5.75 Å². The number of non-ortho nitro benzene ring substituents is 1. The largest absolute Gasteiger partial charge is 0.497 e. The van der Waals surface area contributed by atoms with Gasteiger partial charge in [-0.2, -0.15) is 0 Å². The number of nitrogens with zero attached hydrogens (tertiary/aromatic N) is 2. The van der Waals surface area contributed by atoms with Gasteiger partial charge in [-0.05, 0) is 84.4 Å². The van der Waals surface area contributed by atoms with Crippen molar-refractivity contribution in [1.82, 2.24) is 5.32 Å². The van der Waals surface area contributed by atoms with Gasteiger partial charge in [0.05, 0.1) is 23.0 Å². The van der Waals surface area contributed by atoms with Gasteiger partial charge in [-0.25, -0.2) is 4.90 Å². The van der Waals surface area contributed by atoms with Gasteiger partial charge in [0.25, 0.3) is 17.5 Å². The molecule has 4 amide bonds. The molecular weight excluding hydrogens is 596 g/mol. The van der Waals surface area contributed by atoms with E-state index < -0.39 is 22.0 Å². The quantitative estimate of drug-likeness (QED) is 0.103. The monoisotopic (exact) mass is 622 g/mol. The van der Waals surface area contributed by atoms with Crippen LogP contribution in [0.4, 0.5) is 17.1 Å². The molecular formula is C33H26N4O7S. The SMILES string of the molecule is COc1ccc(N2C(=O)CC(Sc3ccc(NC(=O)/C(=C/c4ccc([N+](=O)[O-])cc4)NC(=O)c4ccccc4)cc3)C2=O)cc1. The molecule has 0 aromatic heterocycles. The van der Waals surface area contributed by atoms with Gasteiger partial charge in [0.1, 0.15) is 11.4 Å². The number of nitro groups is 1. The van der Waals surface area contributed by atoms with E-state index in [-0.39, 0.29) is 29.6 Å². The Morgan fingerprint density at radius 1 is 0.933 bits per heavy atom.